The van der Waals surface area contributed by atoms with Crippen LogP contribution in [0, 0.1) is 5.95 Å². The van der Waals surface area contributed by atoms with Crippen LogP contribution in [0.4, 0.5) is 10.1 Å². The van der Waals surface area contributed by atoms with Crippen molar-refractivity contribution in [2.24, 2.45) is 0 Å². The molecular weight excluding hydrogens is 265 g/mol. The van der Waals surface area contributed by atoms with Crippen molar-refractivity contribution in [1.82, 2.24) is 9.97 Å². The van der Waals surface area contributed by atoms with E-state index in [2.05, 4.69) is 15.3 Å². The number of amides is 1. The summed E-state index contributed by atoms with van der Waals surface area (Å²) in [6.45, 7) is 0. The summed E-state index contributed by atoms with van der Waals surface area (Å²) in [5.74, 6) is -1.12. The van der Waals surface area contributed by atoms with Crippen molar-refractivity contribution >= 4 is 33.1 Å². The molecule has 0 aliphatic carbocycles. The number of carbonyl (C=O) groups is 1. The summed E-state index contributed by atoms with van der Waals surface area (Å²) >= 11 is 1.49. The molecule has 3 aromatic rings. The molecule has 0 fully saturated rings. The Labute approximate surface area is 111 Å². The molecule has 3 rings (SSSR count). The predicted molar refractivity (Wildman–Crippen MR) is 71.8 cm³/mol. The Hall–Kier alpha value is -2.34. The number of nitrogens with one attached hydrogen (secondary N) is 1. The van der Waals surface area contributed by atoms with Crippen molar-refractivity contribution in [2.45, 2.75) is 0 Å². The average molecular weight is 273 g/mol. The van der Waals surface area contributed by atoms with Crippen LogP contribution in [-0.2, 0) is 0 Å². The van der Waals surface area contributed by atoms with E-state index in [1.807, 2.05) is 12.1 Å². The molecule has 6 heteroatoms. The average Bonchev–Trinajstić information content (AvgIpc) is 2.86. The standard InChI is InChI=1S/C13H8FN3OS/c14-12-3-1-2-10(17-12)13(18)16-8-4-5-9-11(6-8)19-7-15-9/h1-7H,(H,16,18). The molecule has 2 heterocycles. The van der Waals surface area contributed by atoms with Crippen LogP contribution in [0.25, 0.3) is 10.2 Å². The fraction of sp³-hybridized carbons (Fsp3) is 0. The SMILES string of the molecule is O=C(Nc1ccc2ncsc2c1)c1cccc(F)n1. The van der Waals surface area contributed by atoms with Crippen molar-refractivity contribution in [3.05, 3.63) is 53.6 Å². The molecule has 2 aromatic heterocycles. The number of anilines is 1. The highest BCUT2D eigenvalue weighted by Gasteiger charge is 2.09. The highest BCUT2D eigenvalue weighted by atomic mass is 32.1. The summed E-state index contributed by atoms with van der Waals surface area (Å²) in [4.78, 5) is 19.6. The Bertz CT molecular complexity index is 756. The lowest BCUT2D eigenvalue weighted by Crippen LogP contribution is -2.13. The summed E-state index contributed by atoms with van der Waals surface area (Å²) < 4.78 is 13.9. The van der Waals surface area contributed by atoms with Crippen molar-refractivity contribution < 1.29 is 9.18 Å². The number of nitrogens with zero attached hydrogens (tertiary/aromatic N) is 2. The first kappa shape index (κ1) is 11.7. The lowest BCUT2D eigenvalue weighted by molar-refractivity contribution is 0.102. The number of thiazole rings is 1. The molecule has 0 spiro atoms. The molecule has 19 heavy (non-hydrogen) atoms. The molecule has 0 aliphatic heterocycles. The monoisotopic (exact) mass is 273 g/mol. The van der Waals surface area contributed by atoms with Gasteiger partial charge < -0.3 is 5.32 Å². The van der Waals surface area contributed by atoms with Crippen molar-refractivity contribution in [3.8, 4) is 0 Å². The third-order valence-corrected chi connectivity index (χ3v) is 3.33. The van der Waals surface area contributed by atoms with Crippen molar-refractivity contribution in [1.29, 1.82) is 0 Å². The molecular formula is C13H8FN3OS. The van der Waals surface area contributed by atoms with Crippen LogP contribution < -0.4 is 5.32 Å². The summed E-state index contributed by atoms with van der Waals surface area (Å²) in [5.41, 5.74) is 3.30. The maximum Gasteiger partial charge on any atom is 0.274 e. The number of benzene rings is 1. The van der Waals surface area contributed by atoms with E-state index in [1.54, 1.807) is 11.6 Å². The summed E-state index contributed by atoms with van der Waals surface area (Å²) in [5, 5.41) is 2.68. The largest absolute Gasteiger partial charge is 0.321 e. The van der Waals surface area contributed by atoms with E-state index < -0.39 is 11.9 Å². The van der Waals surface area contributed by atoms with Crippen LogP contribution in [0.15, 0.2) is 41.9 Å². The second-order valence-corrected chi connectivity index (χ2v) is 4.72. The maximum absolute atomic E-state index is 12.9. The second-order valence-electron chi connectivity index (χ2n) is 3.83. The van der Waals surface area contributed by atoms with Crippen LogP contribution in [0.5, 0.6) is 0 Å². The first-order valence-corrected chi connectivity index (χ1v) is 6.37. The molecule has 0 bridgehead atoms. The van der Waals surface area contributed by atoms with Gasteiger partial charge in [0.2, 0.25) is 5.95 Å². The Morgan fingerprint density at radius 2 is 2.16 bits per heavy atom. The van der Waals surface area contributed by atoms with Gasteiger partial charge in [-0.05, 0) is 30.3 Å². The van der Waals surface area contributed by atoms with Gasteiger partial charge in [-0.15, -0.1) is 11.3 Å². The molecule has 0 aliphatic rings. The molecule has 4 nitrogen and oxygen atoms in total. The van der Waals surface area contributed by atoms with E-state index >= 15 is 0 Å². The van der Waals surface area contributed by atoms with E-state index in [-0.39, 0.29) is 5.69 Å². The van der Waals surface area contributed by atoms with Crippen LogP contribution in [0.3, 0.4) is 0 Å². The third kappa shape index (κ3) is 2.43. The molecule has 0 atom stereocenters. The van der Waals surface area contributed by atoms with E-state index in [9.17, 15) is 9.18 Å². The smallest absolute Gasteiger partial charge is 0.274 e. The minimum atomic E-state index is -0.675. The van der Waals surface area contributed by atoms with E-state index in [0.717, 1.165) is 10.2 Å². The zero-order valence-corrected chi connectivity index (χ0v) is 10.4. The van der Waals surface area contributed by atoms with Crippen molar-refractivity contribution in [3.63, 3.8) is 0 Å². The first-order valence-electron chi connectivity index (χ1n) is 5.49. The van der Waals surface area contributed by atoms with Crippen LogP contribution in [0.2, 0.25) is 0 Å². The van der Waals surface area contributed by atoms with Crippen LogP contribution in [-0.4, -0.2) is 15.9 Å². The Morgan fingerprint density at radius 3 is 3.00 bits per heavy atom. The summed E-state index contributed by atoms with van der Waals surface area (Å²) in [6.07, 6.45) is 0. The lowest BCUT2D eigenvalue weighted by atomic mass is 10.2. The Morgan fingerprint density at radius 1 is 1.26 bits per heavy atom. The molecule has 0 radical (unpaired) electrons. The van der Waals surface area contributed by atoms with Gasteiger partial charge in [0.05, 0.1) is 15.7 Å². The zero-order valence-electron chi connectivity index (χ0n) is 9.63. The zero-order chi connectivity index (χ0) is 13.2. The highest BCUT2D eigenvalue weighted by Crippen LogP contribution is 2.22. The van der Waals surface area contributed by atoms with Gasteiger partial charge in [-0.25, -0.2) is 9.97 Å². The van der Waals surface area contributed by atoms with Crippen LogP contribution in [0.1, 0.15) is 10.5 Å². The minimum absolute atomic E-state index is 0.0457. The number of aromatic nitrogens is 2. The number of fused-ring (bicyclic) bond motifs is 1. The molecule has 1 amide bonds. The fourth-order valence-corrected chi connectivity index (χ4v) is 2.38. The topological polar surface area (TPSA) is 54.9 Å². The van der Waals surface area contributed by atoms with Gasteiger partial charge in [0, 0.05) is 5.69 Å². The molecule has 94 valence electrons. The molecule has 0 unspecified atom stereocenters. The number of carbonyl (C=O) groups excluding carboxylic acids is 1. The minimum Gasteiger partial charge on any atom is -0.321 e. The lowest BCUT2D eigenvalue weighted by Gasteiger charge is -2.04. The summed E-state index contributed by atoms with van der Waals surface area (Å²) in [6, 6.07) is 9.50. The van der Waals surface area contributed by atoms with E-state index in [0.29, 0.717) is 5.69 Å². The number of rotatable bonds is 2. The molecule has 0 saturated heterocycles. The number of halogens is 1. The Kier molecular flexibility index (Phi) is 2.92. The van der Waals surface area contributed by atoms with Gasteiger partial charge in [0.15, 0.2) is 0 Å². The van der Waals surface area contributed by atoms with Gasteiger partial charge in [-0.2, -0.15) is 4.39 Å². The molecule has 0 saturated carbocycles. The van der Waals surface area contributed by atoms with Gasteiger partial charge in [-0.3, -0.25) is 4.79 Å². The third-order valence-electron chi connectivity index (χ3n) is 2.54. The quantitative estimate of drug-likeness (QED) is 0.730. The fourth-order valence-electron chi connectivity index (χ4n) is 1.66. The molecule has 1 N–H and O–H groups in total. The molecule has 1 aromatic carbocycles. The first-order chi connectivity index (χ1) is 9.22. The Balaban J connectivity index is 1.86. The number of hydrogen-bond acceptors (Lipinski definition) is 4. The van der Waals surface area contributed by atoms with E-state index in [4.69, 9.17) is 0 Å². The van der Waals surface area contributed by atoms with Gasteiger partial charge in [-0.1, -0.05) is 6.07 Å². The maximum atomic E-state index is 12.9. The predicted octanol–water partition coefficient (Wildman–Crippen LogP) is 3.08. The van der Waals surface area contributed by atoms with Crippen molar-refractivity contribution in [2.75, 3.05) is 5.32 Å². The second kappa shape index (κ2) is 4.74. The normalized spacial score (nSPS) is 10.6. The number of hydrogen-bond donors (Lipinski definition) is 1. The number of pyridine rings is 1. The van der Waals surface area contributed by atoms with Crippen LogP contribution >= 0.6 is 11.3 Å². The summed E-state index contributed by atoms with van der Waals surface area (Å²) in [7, 11) is 0. The highest BCUT2D eigenvalue weighted by molar-refractivity contribution is 7.16. The van der Waals surface area contributed by atoms with Gasteiger partial charge in [0.1, 0.15) is 5.69 Å². The van der Waals surface area contributed by atoms with Gasteiger partial charge in [0.25, 0.3) is 5.91 Å². The van der Waals surface area contributed by atoms with E-state index in [1.165, 1.54) is 29.5 Å². The van der Waals surface area contributed by atoms with Gasteiger partial charge >= 0.3 is 0 Å².